The van der Waals surface area contributed by atoms with Gasteiger partial charge in [0.2, 0.25) is 5.91 Å². The molecule has 1 heterocycles. The van der Waals surface area contributed by atoms with Gasteiger partial charge in [0.05, 0.1) is 0 Å². The molecule has 1 aromatic carbocycles. The van der Waals surface area contributed by atoms with Gasteiger partial charge in [-0.1, -0.05) is 39.2 Å². The summed E-state index contributed by atoms with van der Waals surface area (Å²) in [7, 11) is 0. The normalized spacial score (nSPS) is 18.4. The standard InChI is InChI=1S/C17H20BrNO/c18-16-6-1-13(2-7-16)3-8-17(20)19-11-9-15(10-12-19)14-4-5-14/h1-2,6-7H,3-5,8-12H2. The van der Waals surface area contributed by atoms with E-state index < -0.39 is 0 Å². The van der Waals surface area contributed by atoms with Gasteiger partial charge in [0.1, 0.15) is 0 Å². The highest BCUT2D eigenvalue weighted by molar-refractivity contribution is 9.10. The van der Waals surface area contributed by atoms with Crippen LogP contribution in [0.25, 0.3) is 0 Å². The Morgan fingerprint density at radius 3 is 2.20 bits per heavy atom. The Morgan fingerprint density at radius 1 is 1.00 bits per heavy atom. The average molecular weight is 334 g/mol. The molecule has 1 saturated heterocycles. The lowest BCUT2D eigenvalue weighted by Gasteiger charge is -2.28. The predicted molar refractivity (Wildman–Crippen MR) is 84.5 cm³/mol. The molecule has 3 heteroatoms. The molecule has 1 aliphatic heterocycles. The van der Waals surface area contributed by atoms with E-state index in [4.69, 9.17) is 0 Å². The molecule has 0 radical (unpaired) electrons. The third-order valence-electron chi connectivity index (χ3n) is 4.26. The summed E-state index contributed by atoms with van der Waals surface area (Å²) in [5.74, 6) is 0.313. The first kappa shape index (κ1) is 13.9. The van der Waals surface area contributed by atoms with Gasteiger partial charge in [0, 0.05) is 24.0 Å². The first-order chi connectivity index (χ1) is 9.72. The molecular weight excluding hydrogens is 314 g/mol. The zero-order chi connectivity index (χ0) is 13.9. The van der Waals surface area contributed by atoms with E-state index in [1.807, 2.05) is 17.0 Å². The fourth-order valence-electron chi connectivity index (χ4n) is 2.86. The molecule has 0 atom stereocenters. The summed E-state index contributed by atoms with van der Waals surface area (Å²) in [6.07, 6.45) is 6.32. The van der Waals surface area contributed by atoms with Crippen molar-refractivity contribution in [3.63, 3.8) is 0 Å². The number of piperidine rings is 1. The minimum Gasteiger partial charge on any atom is -0.342 e. The first-order valence-electron chi connectivity index (χ1n) is 7.44. The maximum Gasteiger partial charge on any atom is 0.222 e. The van der Waals surface area contributed by atoms with Crippen LogP contribution in [0, 0.1) is 0 Å². The van der Waals surface area contributed by atoms with Crippen LogP contribution in [-0.2, 0) is 11.2 Å². The van der Waals surface area contributed by atoms with Crippen LogP contribution < -0.4 is 0 Å². The van der Waals surface area contributed by atoms with E-state index in [1.54, 1.807) is 11.1 Å². The third kappa shape index (κ3) is 3.51. The Labute approximate surface area is 129 Å². The lowest BCUT2D eigenvalue weighted by Crippen LogP contribution is -2.36. The van der Waals surface area contributed by atoms with Crippen molar-refractivity contribution in [2.24, 2.45) is 0 Å². The monoisotopic (exact) mass is 333 g/mol. The van der Waals surface area contributed by atoms with E-state index in [1.165, 1.54) is 18.4 Å². The van der Waals surface area contributed by atoms with Crippen LogP contribution in [0.1, 0.15) is 37.7 Å². The van der Waals surface area contributed by atoms with Crippen molar-refractivity contribution in [3.05, 3.63) is 45.4 Å². The summed E-state index contributed by atoms with van der Waals surface area (Å²) in [6, 6.07) is 8.25. The van der Waals surface area contributed by atoms with E-state index >= 15 is 0 Å². The van der Waals surface area contributed by atoms with Crippen LogP contribution in [-0.4, -0.2) is 23.9 Å². The summed E-state index contributed by atoms with van der Waals surface area (Å²) in [4.78, 5) is 14.3. The Hall–Kier alpha value is -1.09. The number of allylic oxidation sites excluding steroid dienone is 1. The van der Waals surface area contributed by atoms with E-state index in [0.717, 1.165) is 36.8 Å². The minimum atomic E-state index is 0.313. The van der Waals surface area contributed by atoms with Crippen molar-refractivity contribution in [2.45, 2.75) is 38.5 Å². The molecule has 0 unspecified atom stereocenters. The van der Waals surface area contributed by atoms with E-state index in [-0.39, 0.29) is 0 Å². The lowest BCUT2D eigenvalue weighted by molar-refractivity contribution is -0.131. The summed E-state index contributed by atoms with van der Waals surface area (Å²) in [5, 5.41) is 0. The summed E-state index contributed by atoms with van der Waals surface area (Å²) >= 11 is 3.43. The molecule has 2 nitrogen and oxygen atoms in total. The quantitative estimate of drug-likeness (QED) is 0.763. The van der Waals surface area contributed by atoms with Gasteiger partial charge >= 0.3 is 0 Å². The molecule has 20 heavy (non-hydrogen) atoms. The molecular formula is C17H20BrNO. The fourth-order valence-corrected chi connectivity index (χ4v) is 3.12. The van der Waals surface area contributed by atoms with Crippen molar-refractivity contribution in [2.75, 3.05) is 13.1 Å². The van der Waals surface area contributed by atoms with Crippen molar-refractivity contribution in [3.8, 4) is 0 Å². The van der Waals surface area contributed by atoms with Gasteiger partial charge in [-0.3, -0.25) is 4.79 Å². The molecule has 106 valence electrons. The number of hydrogen-bond acceptors (Lipinski definition) is 1. The number of nitrogens with zero attached hydrogens (tertiary/aromatic N) is 1. The average Bonchev–Trinajstić information content (AvgIpc) is 3.31. The van der Waals surface area contributed by atoms with Crippen molar-refractivity contribution in [1.82, 2.24) is 4.90 Å². The van der Waals surface area contributed by atoms with Gasteiger partial charge in [0.15, 0.2) is 0 Å². The molecule has 1 aliphatic carbocycles. The van der Waals surface area contributed by atoms with Crippen LogP contribution >= 0.6 is 15.9 Å². The van der Waals surface area contributed by atoms with Crippen LogP contribution in [0.15, 0.2) is 39.9 Å². The Bertz CT molecular complexity index is 516. The van der Waals surface area contributed by atoms with Crippen molar-refractivity contribution >= 4 is 21.8 Å². The fraction of sp³-hybridized carbons (Fsp3) is 0.471. The number of carbonyl (C=O) groups is 1. The van der Waals surface area contributed by atoms with Gasteiger partial charge in [-0.05, 0) is 49.8 Å². The number of likely N-dealkylation sites (tertiary alicyclic amines) is 1. The number of halogens is 1. The molecule has 1 aromatic rings. The Kier molecular flexibility index (Phi) is 4.25. The van der Waals surface area contributed by atoms with Gasteiger partial charge in [-0.25, -0.2) is 0 Å². The van der Waals surface area contributed by atoms with Crippen molar-refractivity contribution < 1.29 is 4.79 Å². The molecule has 0 N–H and O–H groups in total. The second-order valence-electron chi connectivity index (χ2n) is 5.71. The molecule has 3 rings (SSSR count). The van der Waals surface area contributed by atoms with Crippen LogP contribution in [0.4, 0.5) is 0 Å². The summed E-state index contributed by atoms with van der Waals surface area (Å²) in [5.41, 5.74) is 4.55. The van der Waals surface area contributed by atoms with Gasteiger partial charge < -0.3 is 4.90 Å². The molecule has 0 bridgehead atoms. The number of aryl methyl sites for hydroxylation is 1. The molecule has 0 aromatic heterocycles. The molecule has 1 amide bonds. The number of benzene rings is 1. The number of rotatable bonds is 3. The van der Waals surface area contributed by atoms with Crippen LogP contribution in [0.3, 0.4) is 0 Å². The maximum atomic E-state index is 12.2. The molecule has 2 fully saturated rings. The van der Waals surface area contributed by atoms with Gasteiger partial charge in [-0.15, -0.1) is 0 Å². The predicted octanol–water partition coefficient (Wildman–Crippen LogP) is 4.09. The van der Waals surface area contributed by atoms with Crippen LogP contribution in [0.5, 0.6) is 0 Å². The van der Waals surface area contributed by atoms with Gasteiger partial charge in [-0.2, -0.15) is 0 Å². The molecule has 0 spiro atoms. The van der Waals surface area contributed by atoms with Gasteiger partial charge in [0.25, 0.3) is 0 Å². The van der Waals surface area contributed by atoms with E-state index in [0.29, 0.717) is 12.3 Å². The van der Waals surface area contributed by atoms with Crippen molar-refractivity contribution in [1.29, 1.82) is 0 Å². The number of carbonyl (C=O) groups excluding carboxylic acids is 1. The Morgan fingerprint density at radius 2 is 1.60 bits per heavy atom. The highest BCUT2D eigenvalue weighted by Gasteiger charge is 2.23. The second-order valence-corrected chi connectivity index (χ2v) is 6.63. The highest BCUT2D eigenvalue weighted by atomic mass is 79.9. The molecule has 1 saturated carbocycles. The SMILES string of the molecule is O=C(CCc1ccc(Br)cc1)N1CCC(=C2CC2)CC1. The number of amides is 1. The molecule has 2 aliphatic rings. The summed E-state index contributed by atoms with van der Waals surface area (Å²) in [6.45, 7) is 1.86. The summed E-state index contributed by atoms with van der Waals surface area (Å²) < 4.78 is 1.09. The largest absolute Gasteiger partial charge is 0.342 e. The number of hydrogen-bond donors (Lipinski definition) is 0. The first-order valence-corrected chi connectivity index (χ1v) is 8.23. The lowest BCUT2D eigenvalue weighted by atomic mass is 10.0. The zero-order valence-corrected chi connectivity index (χ0v) is 13.3. The second kappa shape index (κ2) is 6.13. The highest BCUT2D eigenvalue weighted by Crippen LogP contribution is 2.36. The maximum absolute atomic E-state index is 12.2. The van der Waals surface area contributed by atoms with E-state index in [9.17, 15) is 4.79 Å². The topological polar surface area (TPSA) is 20.3 Å². The third-order valence-corrected chi connectivity index (χ3v) is 4.79. The van der Waals surface area contributed by atoms with Crippen LogP contribution in [0.2, 0.25) is 0 Å². The zero-order valence-electron chi connectivity index (χ0n) is 11.7. The minimum absolute atomic E-state index is 0.313. The van der Waals surface area contributed by atoms with E-state index in [2.05, 4.69) is 28.1 Å². The smallest absolute Gasteiger partial charge is 0.222 e. The Balaban J connectivity index is 1.47.